The Morgan fingerprint density at radius 3 is 2.74 bits per heavy atom. The monoisotopic (exact) mass is 381 g/mol. The van der Waals surface area contributed by atoms with Crippen molar-refractivity contribution in [3.05, 3.63) is 68.4 Å². The Labute approximate surface area is 128 Å². The number of hydrogen-bond donors (Lipinski definition) is 1. The molecular weight excluding hydrogens is 373 g/mol. The van der Waals surface area contributed by atoms with E-state index >= 15 is 0 Å². The lowest BCUT2D eigenvalue weighted by atomic mass is 10.0. The van der Waals surface area contributed by atoms with Gasteiger partial charge in [0, 0.05) is 26.3 Å². The number of halogens is 2. The first-order valence-corrected chi connectivity index (χ1v) is 7.18. The molecular formula is C15H9ClINO. The molecule has 0 unspecified atom stereocenters. The first kappa shape index (κ1) is 12.7. The number of rotatable bonds is 2. The van der Waals surface area contributed by atoms with E-state index in [1.54, 1.807) is 12.3 Å². The van der Waals surface area contributed by atoms with Crippen LogP contribution in [0, 0.1) is 3.57 Å². The largest absolute Gasteiger partial charge is 0.359 e. The van der Waals surface area contributed by atoms with Gasteiger partial charge in [0.15, 0.2) is 5.78 Å². The van der Waals surface area contributed by atoms with Gasteiger partial charge in [0.1, 0.15) is 0 Å². The highest BCUT2D eigenvalue weighted by atomic mass is 127. The Balaban J connectivity index is 2.15. The van der Waals surface area contributed by atoms with E-state index in [2.05, 4.69) is 27.6 Å². The maximum atomic E-state index is 12.5. The Bertz CT molecular complexity index is 779. The summed E-state index contributed by atoms with van der Waals surface area (Å²) in [6, 6.07) is 13.1. The molecule has 0 bridgehead atoms. The Morgan fingerprint density at radius 2 is 1.95 bits per heavy atom. The molecule has 0 saturated heterocycles. The van der Waals surface area contributed by atoms with Crippen molar-refractivity contribution >= 4 is 50.9 Å². The fraction of sp³-hybridized carbons (Fsp3) is 0. The number of carbonyl (C=O) groups is 1. The van der Waals surface area contributed by atoms with Gasteiger partial charge in [-0.05, 0) is 40.8 Å². The standard InChI is InChI=1S/C15H9ClINO/c16-13-6-2-5-11-12(8-18-14(11)13)15(19)9-3-1-4-10(17)7-9/h1-8,18H. The number of para-hydroxylation sites is 1. The smallest absolute Gasteiger partial charge is 0.195 e. The molecule has 1 aromatic heterocycles. The molecule has 0 saturated carbocycles. The van der Waals surface area contributed by atoms with E-state index in [0.29, 0.717) is 16.1 Å². The number of fused-ring (bicyclic) bond motifs is 1. The van der Waals surface area contributed by atoms with Crippen LogP contribution in [0.1, 0.15) is 15.9 Å². The van der Waals surface area contributed by atoms with Crippen molar-refractivity contribution in [3.63, 3.8) is 0 Å². The van der Waals surface area contributed by atoms with Crippen LogP contribution >= 0.6 is 34.2 Å². The summed E-state index contributed by atoms with van der Waals surface area (Å²) in [6.45, 7) is 0. The molecule has 2 nitrogen and oxygen atoms in total. The minimum atomic E-state index is 0.00651. The summed E-state index contributed by atoms with van der Waals surface area (Å²) in [5.41, 5.74) is 2.14. The van der Waals surface area contributed by atoms with Gasteiger partial charge in [-0.3, -0.25) is 4.79 Å². The zero-order valence-electron chi connectivity index (χ0n) is 9.78. The van der Waals surface area contributed by atoms with Crippen molar-refractivity contribution in [3.8, 4) is 0 Å². The van der Waals surface area contributed by atoms with Crippen molar-refractivity contribution in [2.24, 2.45) is 0 Å². The fourth-order valence-electron chi connectivity index (χ4n) is 2.09. The predicted octanol–water partition coefficient (Wildman–Crippen LogP) is 4.66. The fourth-order valence-corrected chi connectivity index (χ4v) is 2.86. The van der Waals surface area contributed by atoms with E-state index < -0.39 is 0 Å². The van der Waals surface area contributed by atoms with Crippen LogP contribution in [-0.4, -0.2) is 10.8 Å². The lowest BCUT2D eigenvalue weighted by Crippen LogP contribution is -2.00. The second-order valence-corrected chi connectivity index (χ2v) is 5.86. The molecule has 0 aliphatic carbocycles. The number of carbonyl (C=O) groups excluding carboxylic acids is 1. The Morgan fingerprint density at radius 1 is 1.16 bits per heavy atom. The van der Waals surface area contributed by atoms with Gasteiger partial charge in [-0.1, -0.05) is 35.9 Å². The molecule has 94 valence electrons. The molecule has 3 rings (SSSR count). The van der Waals surface area contributed by atoms with Crippen molar-refractivity contribution in [1.82, 2.24) is 4.98 Å². The van der Waals surface area contributed by atoms with Crippen LogP contribution in [0.5, 0.6) is 0 Å². The zero-order valence-corrected chi connectivity index (χ0v) is 12.7. The zero-order chi connectivity index (χ0) is 13.4. The predicted molar refractivity (Wildman–Crippen MR) is 85.9 cm³/mol. The van der Waals surface area contributed by atoms with Crippen LogP contribution in [0.4, 0.5) is 0 Å². The van der Waals surface area contributed by atoms with Gasteiger partial charge >= 0.3 is 0 Å². The summed E-state index contributed by atoms with van der Waals surface area (Å²) in [5.74, 6) is 0.00651. The molecule has 2 aromatic carbocycles. The van der Waals surface area contributed by atoms with Gasteiger partial charge in [0.2, 0.25) is 0 Å². The number of ketones is 1. The van der Waals surface area contributed by atoms with E-state index in [1.165, 1.54) is 0 Å². The summed E-state index contributed by atoms with van der Waals surface area (Å²) in [6.07, 6.45) is 1.72. The summed E-state index contributed by atoms with van der Waals surface area (Å²) in [5, 5.41) is 1.48. The summed E-state index contributed by atoms with van der Waals surface area (Å²) in [4.78, 5) is 15.6. The lowest BCUT2D eigenvalue weighted by Gasteiger charge is -2.01. The van der Waals surface area contributed by atoms with E-state index in [-0.39, 0.29) is 5.78 Å². The van der Waals surface area contributed by atoms with Gasteiger partial charge in [-0.25, -0.2) is 0 Å². The highest BCUT2D eigenvalue weighted by molar-refractivity contribution is 14.1. The highest BCUT2D eigenvalue weighted by Crippen LogP contribution is 2.27. The molecule has 0 amide bonds. The average molecular weight is 382 g/mol. The molecule has 3 aromatic rings. The molecule has 0 aliphatic heterocycles. The molecule has 0 fully saturated rings. The van der Waals surface area contributed by atoms with E-state index in [1.807, 2.05) is 36.4 Å². The number of nitrogens with one attached hydrogen (secondary N) is 1. The maximum Gasteiger partial charge on any atom is 0.195 e. The molecule has 0 radical (unpaired) electrons. The van der Waals surface area contributed by atoms with Crippen LogP contribution in [0.3, 0.4) is 0 Å². The van der Waals surface area contributed by atoms with Gasteiger partial charge in [0.25, 0.3) is 0 Å². The average Bonchev–Trinajstić information content (AvgIpc) is 2.83. The number of H-pyrrole nitrogens is 1. The van der Waals surface area contributed by atoms with Crippen LogP contribution in [0.2, 0.25) is 5.02 Å². The van der Waals surface area contributed by atoms with Crippen LogP contribution < -0.4 is 0 Å². The molecule has 4 heteroatoms. The van der Waals surface area contributed by atoms with Gasteiger partial charge in [-0.15, -0.1) is 0 Å². The van der Waals surface area contributed by atoms with E-state index in [4.69, 9.17) is 11.6 Å². The Kier molecular flexibility index (Phi) is 3.33. The van der Waals surface area contributed by atoms with Crippen molar-refractivity contribution in [2.75, 3.05) is 0 Å². The normalized spacial score (nSPS) is 10.8. The van der Waals surface area contributed by atoms with Gasteiger partial charge in [0.05, 0.1) is 10.5 Å². The van der Waals surface area contributed by atoms with E-state index in [9.17, 15) is 4.79 Å². The SMILES string of the molecule is O=C(c1cccc(I)c1)c1c[nH]c2c(Cl)cccc12. The van der Waals surface area contributed by atoms with Crippen LogP contribution in [0.15, 0.2) is 48.7 Å². The van der Waals surface area contributed by atoms with Gasteiger partial charge < -0.3 is 4.98 Å². The summed E-state index contributed by atoms with van der Waals surface area (Å²) in [7, 11) is 0. The second kappa shape index (κ2) is 4.98. The third-order valence-electron chi connectivity index (χ3n) is 3.00. The number of aromatic amines is 1. The Hall–Kier alpha value is -1.33. The van der Waals surface area contributed by atoms with Crippen LogP contribution in [-0.2, 0) is 0 Å². The first-order chi connectivity index (χ1) is 9.16. The van der Waals surface area contributed by atoms with Gasteiger partial charge in [-0.2, -0.15) is 0 Å². The van der Waals surface area contributed by atoms with Crippen molar-refractivity contribution < 1.29 is 4.79 Å². The van der Waals surface area contributed by atoms with Crippen molar-refractivity contribution in [2.45, 2.75) is 0 Å². The molecule has 0 spiro atoms. The second-order valence-electron chi connectivity index (χ2n) is 4.20. The highest BCUT2D eigenvalue weighted by Gasteiger charge is 2.15. The molecule has 0 atom stereocenters. The molecule has 1 N–H and O–H groups in total. The molecule has 1 heterocycles. The number of aromatic nitrogens is 1. The third kappa shape index (κ3) is 2.28. The quantitative estimate of drug-likeness (QED) is 0.508. The minimum absolute atomic E-state index is 0.00651. The van der Waals surface area contributed by atoms with Crippen molar-refractivity contribution in [1.29, 1.82) is 0 Å². The summed E-state index contributed by atoms with van der Waals surface area (Å²) < 4.78 is 1.04. The molecule has 0 aliphatic rings. The maximum absolute atomic E-state index is 12.5. The topological polar surface area (TPSA) is 32.9 Å². The van der Waals surface area contributed by atoms with E-state index in [0.717, 1.165) is 14.5 Å². The summed E-state index contributed by atoms with van der Waals surface area (Å²) >= 11 is 8.30. The minimum Gasteiger partial charge on any atom is -0.359 e. The molecule has 19 heavy (non-hydrogen) atoms. The number of hydrogen-bond acceptors (Lipinski definition) is 1. The first-order valence-electron chi connectivity index (χ1n) is 5.72. The number of benzene rings is 2. The third-order valence-corrected chi connectivity index (χ3v) is 3.98. The lowest BCUT2D eigenvalue weighted by molar-refractivity contribution is 0.104. The van der Waals surface area contributed by atoms with Crippen LogP contribution in [0.25, 0.3) is 10.9 Å².